The monoisotopic (exact) mass is 360 g/mol. The first kappa shape index (κ1) is 18.3. The third-order valence-corrected chi connectivity index (χ3v) is 5.14. The van der Waals surface area contributed by atoms with Crippen LogP contribution in [0.15, 0.2) is 18.2 Å². The number of hydrogen-bond donors (Lipinski definition) is 2. The van der Waals surface area contributed by atoms with Gasteiger partial charge in [0.15, 0.2) is 0 Å². The van der Waals surface area contributed by atoms with Crippen LogP contribution in [0.25, 0.3) is 0 Å². The molecular formula is C18H24N4O4. The fourth-order valence-corrected chi connectivity index (χ4v) is 3.71. The number of nitrogens with zero attached hydrogens (tertiary/aromatic N) is 2. The van der Waals surface area contributed by atoms with Gasteiger partial charge in [-0.3, -0.25) is 19.7 Å². The van der Waals surface area contributed by atoms with Gasteiger partial charge in [0.1, 0.15) is 6.04 Å². The number of piperidine rings is 1. The van der Waals surface area contributed by atoms with Crippen LogP contribution in [-0.2, 0) is 4.79 Å². The van der Waals surface area contributed by atoms with E-state index in [1.165, 1.54) is 18.2 Å². The summed E-state index contributed by atoms with van der Waals surface area (Å²) in [5, 5.41) is 17.3. The van der Waals surface area contributed by atoms with Crippen LogP contribution in [0.4, 0.5) is 5.69 Å². The van der Waals surface area contributed by atoms with Gasteiger partial charge in [0, 0.05) is 29.8 Å². The van der Waals surface area contributed by atoms with Crippen molar-refractivity contribution in [3.05, 3.63) is 39.4 Å². The molecule has 2 fully saturated rings. The third-order valence-electron chi connectivity index (χ3n) is 5.14. The van der Waals surface area contributed by atoms with Crippen molar-refractivity contribution >= 4 is 17.5 Å². The van der Waals surface area contributed by atoms with Crippen molar-refractivity contribution in [1.82, 2.24) is 15.5 Å². The number of aryl methyl sites for hydroxylation is 1. The summed E-state index contributed by atoms with van der Waals surface area (Å²) in [4.78, 5) is 37.6. The largest absolute Gasteiger partial charge is 0.351 e. The zero-order chi connectivity index (χ0) is 18.7. The molecule has 3 rings (SSSR count). The second kappa shape index (κ2) is 7.82. The highest BCUT2D eigenvalue weighted by Crippen LogP contribution is 2.24. The number of amides is 2. The van der Waals surface area contributed by atoms with Gasteiger partial charge in [-0.25, -0.2) is 0 Å². The number of nitro benzene ring substituents is 1. The molecule has 1 aromatic carbocycles. The van der Waals surface area contributed by atoms with Crippen molar-refractivity contribution < 1.29 is 14.5 Å². The molecule has 26 heavy (non-hydrogen) atoms. The Kier molecular flexibility index (Phi) is 5.51. The van der Waals surface area contributed by atoms with E-state index in [0.29, 0.717) is 24.1 Å². The van der Waals surface area contributed by atoms with Gasteiger partial charge in [0.2, 0.25) is 5.91 Å². The van der Waals surface area contributed by atoms with Crippen LogP contribution < -0.4 is 10.6 Å². The average Bonchev–Trinajstić information content (AvgIpc) is 3.11. The van der Waals surface area contributed by atoms with Crippen LogP contribution in [0, 0.1) is 17.0 Å². The van der Waals surface area contributed by atoms with Crippen molar-refractivity contribution in [3.8, 4) is 0 Å². The van der Waals surface area contributed by atoms with E-state index < -0.39 is 11.0 Å². The summed E-state index contributed by atoms with van der Waals surface area (Å²) in [6.07, 6.45) is 3.22. The average molecular weight is 360 g/mol. The molecule has 2 heterocycles. The van der Waals surface area contributed by atoms with Gasteiger partial charge < -0.3 is 15.5 Å². The third kappa shape index (κ3) is 3.85. The molecule has 2 amide bonds. The van der Waals surface area contributed by atoms with Gasteiger partial charge in [0.25, 0.3) is 11.6 Å². The Hall–Kier alpha value is -2.48. The highest BCUT2D eigenvalue weighted by atomic mass is 16.6. The number of nitrogens with one attached hydrogen (secondary N) is 2. The predicted molar refractivity (Wildman–Crippen MR) is 95.9 cm³/mol. The lowest BCUT2D eigenvalue weighted by molar-refractivity contribution is -0.385. The Morgan fingerprint density at radius 3 is 2.65 bits per heavy atom. The summed E-state index contributed by atoms with van der Waals surface area (Å²) in [5.74, 6) is -0.340. The summed E-state index contributed by atoms with van der Waals surface area (Å²) in [6.45, 7) is 3.92. The maximum atomic E-state index is 12.9. The Bertz CT molecular complexity index is 715. The number of rotatable bonds is 4. The van der Waals surface area contributed by atoms with Crippen LogP contribution in [0.3, 0.4) is 0 Å². The highest BCUT2D eigenvalue weighted by Gasteiger charge is 2.35. The van der Waals surface area contributed by atoms with E-state index in [1.54, 1.807) is 11.8 Å². The summed E-state index contributed by atoms with van der Waals surface area (Å²) >= 11 is 0. The van der Waals surface area contributed by atoms with Crippen LogP contribution in [-0.4, -0.2) is 53.4 Å². The van der Waals surface area contributed by atoms with Crippen LogP contribution in [0.5, 0.6) is 0 Å². The minimum absolute atomic E-state index is 0.0110. The van der Waals surface area contributed by atoms with E-state index in [-0.39, 0.29) is 23.5 Å². The molecule has 2 saturated heterocycles. The Morgan fingerprint density at radius 1 is 1.27 bits per heavy atom. The maximum absolute atomic E-state index is 12.9. The van der Waals surface area contributed by atoms with Gasteiger partial charge in [-0.15, -0.1) is 0 Å². The number of nitro groups is 1. The van der Waals surface area contributed by atoms with Crippen LogP contribution in [0.2, 0.25) is 0 Å². The lowest BCUT2D eigenvalue weighted by atomic mass is 10.1. The molecule has 1 aromatic rings. The van der Waals surface area contributed by atoms with Crippen molar-refractivity contribution in [1.29, 1.82) is 0 Å². The molecule has 1 atom stereocenters. The molecule has 0 saturated carbocycles. The van der Waals surface area contributed by atoms with E-state index >= 15 is 0 Å². The molecule has 2 N–H and O–H groups in total. The quantitative estimate of drug-likeness (QED) is 0.623. The molecule has 8 heteroatoms. The maximum Gasteiger partial charge on any atom is 0.272 e. The first-order valence-electron chi connectivity index (χ1n) is 9.04. The molecule has 0 aliphatic carbocycles. The molecule has 8 nitrogen and oxygen atoms in total. The van der Waals surface area contributed by atoms with Gasteiger partial charge in [-0.1, -0.05) is 0 Å². The van der Waals surface area contributed by atoms with Gasteiger partial charge in [-0.05, 0) is 57.8 Å². The van der Waals surface area contributed by atoms with E-state index in [4.69, 9.17) is 0 Å². The normalized spacial score (nSPS) is 20.8. The van der Waals surface area contributed by atoms with Crippen LogP contribution in [0.1, 0.15) is 41.6 Å². The first-order valence-corrected chi connectivity index (χ1v) is 9.04. The zero-order valence-electron chi connectivity index (χ0n) is 14.9. The molecule has 2 aliphatic heterocycles. The van der Waals surface area contributed by atoms with Gasteiger partial charge in [0.05, 0.1) is 4.92 Å². The number of hydrogen-bond acceptors (Lipinski definition) is 5. The zero-order valence-corrected chi connectivity index (χ0v) is 14.9. The fraction of sp³-hybridized carbons (Fsp3) is 0.556. The number of likely N-dealkylation sites (tertiary alicyclic amines) is 1. The molecule has 0 radical (unpaired) electrons. The number of carbonyl (C=O) groups excluding carboxylic acids is 2. The van der Waals surface area contributed by atoms with Crippen LogP contribution >= 0.6 is 0 Å². The number of benzene rings is 1. The summed E-state index contributed by atoms with van der Waals surface area (Å²) in [7, 11) is 0. The second-order valence-electron chi connectivity index (χ2n) is 6.95. The molecule has 1 unspecified atom stereocenters. The summed E-state index contributed by atoms with van der Waals surface area (Å²) < 4.78 is 0. The Balaban J connectivity index is 1.70. The molecular weight excluding hydrogens is 336 g/mol. The summed E-state index contributed by atoms with van der Waals surface area (Å²) in [6, 6.07) is 4.03. The minimum atomic E-state index is -0.465. The minimum Gasteiger partial charge on any atom is -0.351 e. The standard InChI is InChI=1S/C18H24N4O4/c1-12-11-13(4-5-15(12)22(25)26)18(24)21-10-2-3-16(21)17(23)20-14-6-8-19-9-7-14/h4-5,11,14,16,19H,2-3,6-10H2,1H3,(H,20,23). The highest BCUT2D eigenvalue weighted by molar-refractivity contribution is 5.98. The van der Waals surface area contributed by atoms with Crippen molar-refractivity contribution in [2.75, 3.05) is 19.6 Å². The van der Waals surface area contributed by atoms with E-state index in [1.807, 2.05) is 0 Å². The van der Waals surface area contributed by atoms with Crippen molar-refractivity contribution in [2.45, 2.75) is 44.7 Å². The molecule has 0 aromatic heterocycles. The Morgan fingerprint density at radius 2 is 2.00 bits per heavy atom. The van der Waals surface area contributed by atoms with E-state index in [9.17, 15) is 19.7 Å². The van der Waals surface area contributed by atoms with E-state index in [2.05, 4.69) is 10.6 Å². The lowest BCUT2D eigenvalue weighted by Crippen LogP contribution is -2.51. The fourth-order valence-electron chi connectivity index (χ4n) is 3.71. The Labute approximate surface area is 152 Å². The predicted octanol–water partition coefficient (Wildman–Crippen LogP) is 1.38. The molecule has 0 bridgehead atoms. The lowest BCUT2D eigenvalue weighted by Gasteiger charge is -2.28. The van der Waals surface area contributed by atoms with Gasteiger partial charge >= 0.3 is 0 Å². The molecule has 0 spiro atoms. The second-order valence-corrected chi connectivity index (χ2v) is 6.95. The van der Waals surface area contributed by atoms with E-state index in [0.717, 1.165) is 32.4 Å². The van der Waals surface area contributed by atoms with Gasteiger partial charge in [-0.2, -0.15) is 0 Å². The molecule has 2 aliphatic rings. The van der Waals surface area contributed by atoms with Crippen molar-refractivity contribution in [2.24, 2.45) is 0 Å². The smallest absolute Gasteiger partial charge is 0.272 e. The summed E-state index contributed by atoms with van der Waals surface area (Å²) in [5.41, 5.74) is 0.814. The first-order chi connectivity index (χ1) is 12.5. The number of carbonyl (C=O) groups is 2. The topological polar surface area (TPSA) is 105 Å². The SMILES string of the molecule is Cc1cc(C(=O)N2CCCC2C(=O)NC2CCNCC2)ccc1[N+](=O)[O-]. The molecule has 140 valence electrons. The van der Waals surface area contributed by atoms with Crippen molar-refractivity contribution in [3.63, 3.8) is 0 Å².